The smallest absolute Gasteiger partial charge is 0.321 e. The molecular formula is C16H22ClN3O2. The highest BCUT2D eigenvalue weighted by Gasteiger charge is 2.22. The first-order valence-electron chi connectivity index (χ1n) is 7.92. The van der Waals surface area contributed by atoms with Crippen LogP contribution >= 0.6 is 11.6 Å². The number of halogens is 1. The zero-order valence-electron chi connectivity index (χ0n) is 12.6. The highest BCUT2D eigenvalue weighted by molar-refractivity contribution is 6.33. The normalized spacial score (nSPS) is 22.0. The molecule has 1 unspecified atom stereocenters. The van der Waals surface area contributed by atoms with Gasteiger partial charge in [-0.05, 0) is 43.9 Å². The molecule has 2 saturated heterocycles. The number of β-amino-alcohol motifs (C(OH)–C–C–N with tert-alkyl or cyclic N) is 1. The molecule has 2 heterocycles. The fraction of sp³-hybridized carbons (Fsp3) is 0.562. The number of nitrogens with zero attached hydrogens (tertiary/aromatic N) is 2. The van der Waals surface area contributed by atoms with Gasteiger partial charge in [-0.3, -0.25) is 0 Å². The molecule has 2 N–H and O–H groups in total. The van der Waals surface area contributed by atoms with E-state index < -0.39 is 6.10 Å². The second-order valence-electron chi connectivity index (χ2n) is 6.03. The number of hydrogen-bond donors (Lipinski definition) is 2. The van der Waals surface area contributed by atoms with E-state index >= 15 is 0 Å². The third-order valence-corrected chi connectivity index (χ3v) is 4.63. The zero-order chi connectivity index (χ0) is 15.5. The summed E-state index contributed by atoms with van der Waals surface area (Å²) in [5.41, 5.74) is 1.73. The van der Waals surface area contributed by atoms with E-state index in [0.717, 1.165) is 31.6 Å². The molecule has 0 aromatic heterocycles. The fourth-order valence-corrected chi connectivity index (χ4v) is 3.44. The van der Waals surface area contributed by atoms with Crippen molar-refractivity contribution in [1.82, 2.24) is 4.90 Å². The Morgan fingerprint density at radius 3 is 2.68 bits per heavy atom. The minimum atomic E-state index is -0.416. The van der Waals surface area contributed by atoms with Gasteiger partial charge in [0.15, 0.2) is 0 Å². The maximum Gasteiger partial charge on any atom is 0.321 e. The molecule has 2 aliphatic rings. The average molecular weight is 324 g/mol. The van der Waals surface area contributed by atoms with Crippen LogP contribution in [0, 0.1) is 0 Å². The van der Waals surface area contributed by atoms with Crippen LogP contribution in [0.25, 0.3) is 0 Å². The SMILES string of the molecule is O=C(Nc1ccc(N2CCCC2)c(Cl)c1)N1CCCC(O)C1. The lowest BCUT2D eigenvalue weighted by Crippen LogP contribution is -2.44. The van der Waals surface area contributed by atoms with E-state index in [2.05, 4.69) is 10.2 Å². The van der Waals surface area contributed by atoms with Gasteiger partial charge in [0.25, 0.3) is 0 Å². The highest BCUT2D eigenvalue weighted by atomic mass is 35.5. The number of hydrogen-bond acceptors (Lipinski definition) is 3. The van der Waals surface area contributed by atoms with Gasteiger partial charge in [-0.2, -0.15) is 0 Å². The molecule has 2 aliphatic heterocycles. The fourth-order valence-electron chi connectivity index (χ4n) is 3.14. The lowest BCUT2D eigenvalue weighted by atomic mass is 10.1. The monoisotopic (exact) mass is 323 g/mol. The molecule has 3 rings (SSSR count). The molecule has 0 saturated carbocycles. The quantitative estimate of drug-likeness (QED) is 0.880. The van der Waals surface area contributed by atoms with Crippen molar-refractivity contribution in [2.75, 3.05) is 36.4 Å². The van der Waals surface area contributed by atoms with Gasteiger partial charge in [0, 0.05) is 31.9 Å². The second-order valence-corrected chi connectivity index (χ2v) is 6.44. The Hall–Kier alpha value is -1.46. The predicted molar refractivity (Wildman–Crippen MR) is 88.7 cm³/mol. The van der Waals surface area contributed by atoms with E-state index in [0.29, 0.717) is 23.8 Å². The maximum absolute atomic E-state index is 12.2. The number of carbonyl (C=O) groups excluding carboxylic acids is 1. The van der Waals surface area contributed by atoms with Crippen LogP contribution in [0.3, 0.4) is 0 Å². The van der Waals surface area contributed by atoms with Gasteiger partial charge < -0.3 is 20.2 Å². The van der Waals surface area contributed by atoms with Gasteiger partial charge in [0.2, 0.25) is 0 Å². The minimum Gasteiger partial charge on any atom is -0.391 e. The summed E-state index contributed by atoms with van der Waals surface area (Å²) in [5.74, 6) is 0. The van der Waals surface area contributed by atoms with E-state index in [1.54, 1.807) is 11.0 Å². The molecule has 0 bridgehead atoms. The number of benzene rings is 1. The molecular weight excluding hydrogens is 302 g/mol. The van der Waals surface area contributed by atoms with Crippen molar-refractivity contribution in [3.63, 3.8) is 0 Å². The highest BCUT2D eigenvalue weighted by Crippen LogP contribution is 2.31. The second kappa shape index (κ2) is 6.75. The van der Waals surface area contributed by atoms with Gasteiger partial charge in [0.1, 0.15) is 0 Å². The maximum atomic E-state index is 12.2. The zero-order valence-corrected chi connectivity index (χ0v) is 13.4. The Morgan fingerprint density at radius 2 is 2.00 bits per heavy atom. The Balaban J connectivity index is 1.65. The van der Waals surface area contributed by atoms with E-state index in [-0.39, 0.29) is 6.03 Å². The van der Waals surface area contributed by atoms with E-state index in [4.69, 9.17) is 11.6 Å². The van der Waals surface area contributed by atoms with Gasteiger partial charge >= 0.3 is 6.03 Å². The molecule has 0 aliphatic carbocycles. The first-order valence-corrected chi connectivity index (χ1v) is 8.30. The number of rotatable bonds is 2. The molecule has 1 aromatic rings. The summed E-state index contributed by atoms with van der Waals surface area (Å²) >= 11 is 6.36. The molecule has 1 atom stereocenters. The van der Waals surface area contributed by atoms with Crippen LogP contribution in [0.1, 0.15) is 25.7 Å². The van der Waals surface area contributed by atoms with E-state index in [1.165, 1.54) is 12.8 Å². The standard InChI is InChI=1S/C16H22ClN3O2/c17-14-10-12(5-6-15(14)19-7-1-2-8-19)18-16(22)20-9-3-4-13(21)11-20/h5-6,10,13,21H,1-4,7-9,11H2,(H,18,22). The number of anilines is 2. The topological polar surface area (TPSA) is 55.8 Å². The summed E-state index contributed by atoms with van der Waals surface area (Å²) in [4.78, 5) is 16.1. The molecule has 120 valence electrons. The minimum absolute atomic E-state index is 0.177. The summed E-state index contributed by atoms with van der Waals surface area (Å²) < 4.78 is 0. The van der Waals surface area contributed by atoms with Gasteiger partial charge in [-0.1, -0.05) is 11.6 Å². The number of carbonyl (C=O) groups is 1. The third-order valence-electron chi connectivity index (χ3n) is 4.33. The van der Waals surface area contributed by atoms with Crippen molar-refractivity contribution in [1.29, 1.82) is 0 Å². The van der Waals surface area contributed by atoms with Crippen LogP contribution in [0.15, 0.2) is 18.2 Å². The van der Waals surface area contributed by atoms with Gasteiger partial charge in [-0.15, -0.1) is 0 Å². The number of piperidine rings is 1. The molecule has 1 aromatic carbocycles. The molecule has 0 spiro atoms. The molecule has 5 nitrogen and oxygen atoms in total. The van der Waals surface area contributed by atoms with Crippen molar-refractivity contribution < 1.29 is 9.90 Å². The summed E-state index contributed by atoms with van der Waals surface area (Å²) in [5, 5.41) is 13.2. The first-order chi connectivity index (χ1) is 10.6. The Morgan fingerprint density at radius 1 is 1.23 bits per heavy atom. The number of nitrogens with one attached hydrogen (secondary N) is 1. The average Bonchev–Trinajstić information content (AvgIpc) is 3.01. The van der Waals surface area contributed by atoms with Crippen LogP contribution in [-0.2, 0) is 0 Å². The molecule has 6 heteroatoms. The van der Waals surface area contributed by atoms with Crippen molar-refractivity contribution in [2.24, 2.45) is 0 Å². The number of urea groups is 1. The molecule has 2 amide bonds. The largest absolute Gasteiger partial charge is 0.391 e. The summed E-state index contributed by atoms with van der Waals surface area (Å²) in [6.45, 7) is 3.15. The lowest BCUT2D eigenvalue weighted by Gasteiger charge is -2.30. The van der Waals surface area contributed by atoms with Crippen LogP contribution in [-0.4, -0.2) is 48.3 Å². The Bertz CT molecular complexity index is 546. The summed E-state index contributed by atoms with van der Waals surface area (Å²) in [6.07, 6.45) is 3.59. The van der Waals surface area contributed by atoms with Crippen molar-refractivity contribution in [3.05, 3.63) is 23.2 Å². The number of amides is 2. The van der Waals surface area contributed by atoms with Crippen LogP contribution < -0.4 is 10.2 Å². The van der Waals surface area contributed by atoms with Crippen LogP contribution in [0.5, 0.6) is 0 Å². The first kappa shape index (κ1) is 15.4. The molecule has 2 fully saturated rings. The molecule has 22 heavy (non-hydrogen) atoms. The van der Waals surface area contributed by atoms with Crippen molar-refractivity contribution in [2.45, 2.75) is 31.8 Å². The van der Waals surface area contributed by atoms with E-state index in [1.807, 2.05) is 12.1 Å². The number of aliphatic hydroxyl groups excluding tert-OH is 1. The van der Waals surface area contributed by atoms with Crippen molar-refractivity contribution in [3.8, 4) is 0 Å². The van der Waals surface area contributed by atoms with Crippen LogP contribution in [0.2, 0.25) is 5.02 Å². The number of likely N-dealkylation sites (tertiary alicyclic amines) is 1. The Kier molecular flexibility index (Phi) is 4.74. The lowest BCUT2D eigenvalue weighted by molar-refractivity contribution is 0.0883. The Labute approximate surface area is 135 Å². The van der Waals surface area contributed by atoms with Crippen LogP contribution in [0.4, 0.5) is 16.2 Å². The van der Waals surface area contributed by atoms with Gasteiger partial charge in [0.05, 0.1) is 16.8 Å². The summed E-state index contributed by atoms with van der Waals surface area (Å²) in [7, 11) is 0. The predicted octanol–water partition coefficient (Wildman–Crippen LogP) is 2.93. The van der Waals surface area contributed by atoms with Crippen molar-refractivity contribution >= 4 is 29.0 Å². The van der Waals surface area contributed by atoms with E-state index in [9.17, 15) is 9.90 Å². The number of aliphatic hydroxyl groups is 1. The molecule has 0 radical (unpaired) electrons. The third kappa shape index (κ3) is 3.47. The van der Waals surface area contributed by atoms with Gasteiger partial charge in [-0.25, -0.2) is 4.79 Å². The summed E-state index contributed by atoms with van der Waals surface area (Å²) in [6, 6.07) is 5.48.